The maximum absolute atomic E-state index is 8.89. The van der Waals surface area contributed by atoms with Gasteiger partial charge in [0.1, 0.15) is 0 Å². The average molecular weight is 257 g/mol. The lowest BCUT2D eigenvalue weighted by atomic mass is 9.96. The van der Waals surface area contributed by atoms with E-state index in [1.54, 1.807) is 0 Å². The summed E-state index contributed by atoms with van der Waals surface area (Å²) in [5.41, 5.74) is 0. The number of piperazine rings is 1. The van der Waals surface area contributed by atoms with E-state index in [0.717, 1.165) is 25.6 Å². The molecular weight excluding hydrogens is 226 g/mol. The Hall–Kier alpha value is -0.160. The smallest absolute Gasteiger partial charge is 0.0558 e. The fourth-order valence-electron chi connectivity index (χ4n) is 2.79. The van der Waals surface area contributed by atoms with Crippen LogP contribution in [0.3, 0.4) is 0 Å². The van der Waals surface area contributed by atoms with Crippen LogP contribution in [0.25, 0.3) is 0 Å². The molecule has 0 aromatic rings. The zero-order valence-corrected chi connectivity index (χ0v) is 12.2. The van der Waals surface area contributed by atoms with Crippen molar-refractivity contribution in [3.05, 3.63) is 0 Å². The first-order valence-corrected chi connectivity index (χ1v) is 7.65. The molecule has 0 atom stereocenters. The summed E-state index contributed by atoms with van der Waals surface area (Å²) in [7, 11) is 0. The van der Waals surface area contributed by atoms with Crippen molar-refractivity contribution in [3.8, 4) is 0 Å². The number of nitrogens with zero attached hydrogens (tertiary/aromatic N) is 2. The predicted octanol–water partition coefficient (Wildman–Crippen LogP) is 0.622. The van der Waals surface area contributed by atoms with Crippen molar-refractivity contribution >= 4 is 0 Å². The molecule has 0 aromatic carbocycles. The van der Waals surface area contributed by atoms with Crippen molar-refractivity contribution in [1.82, 2.24) is 15.1 Å². The summed E-state index contributed by atoms with van der Waals surface area (Å²) >= 11 is 0. The molecule has 0 radical (unpaired) electrons. The highest BCUT2D eigenvalue weighted by molar-refractivity contribution is 4.77. The summed E-state index contributed by atoms with van der Waals surface area (Å²) in [4.78, 5) is 4.98. The van der Waals surface area contributed by atoms with Crippen LogP contribution in [0.2, 0.25) is 0 Å². The molecule has 0 saturated carbocycles. The van der Waals surface area contributed by atoms with Crippen LogP contribution in [-0.4, -0.2) is 73.9 Å². The van der Waals surface area contributed by atoms with Crippen molar-refractivity contribution in [1.29, 1.82) is 0 Å². The van der Waals surface area contributed by atoms with Crippen molar-refractivity contribution in [2.45, 2.75) is 26.7 Å². The summed E-state index contributed by atoms with van der Waals surface area (Å²) in [6, 6.07) is 0. The third-order valence-corrected chi connectivity index (χ3v) is 3.85. The molecule has 2 saturated heterocycles. The maximum atomic E-state index is 8.89. The van der Waals surface area contributed by atoms with Gasteiger partial charge in [0, 0.05) is 39.3 Å². The lowest BCUT2D eigenvalue weighted by Crippen LogP contribution is -2.47. The largest absolute Gasteiger partial charge is 0.395 e. The number of nitrogens with one attached hydrogen (secondary N) is 1. The highest BCUT2D eigenvalue weighted by Gasteiger charge is 2.21. The lowest BCUT2D eigenvalue weighted by Gasteiger charge is -2.36. The van der Waals surface area contributed by atoms with Crippen molar-refractivity contribution < 1.29 is 5.11 Å². The molecule has 4 heteroatoms. The van der Waals surface area contributed by atoms with Gasteiger partial charge >= 0.3 is 0 Å². The standard InChI is InChI=1S/C12H25N3O.C2H6/c16-10-9-14-5-1-12(2-6-14)11-15-7-3-13-4-8-15;1-2/h12-13,16H,1-11H2;1-2H3. The molecule has 0 bridgehead atoms. The summed E-state index contributed by atoms with van der Waals surface area (Å²) < 4.78 is 0. The molecule has 2 fully saturated rings. The van der Waals surface area contributed by atoms with Crippen LogP contribution in [0.4, 0.5) is 0 Å². The fourth-order valence-corrected chi connectivity index (χ4v) is 2.79. The molecule has 2 rings (SSSR count). The number of hydrogen-bond acceptors (Lipinski definition) is 4. The molecular formula is C14H31N3O. The molecule has 2 heterocycles. The number of aliphatic hydroxyl groups is 1. The summed E-state index contributed by atoms with van der Waals surface area (Å²) in [6.07, 6.45) is 2.62. The third-order valence-electron chi connectivity index (χ3n) is 3.85. The van der Waals surface area contributed by atoms with Gasteiger partial charge in [-0.1, -0.05) is 13.8 Å². The Morgan fingerprint density at radius 2 is 1.61 bits per heavy atom. The third kappa shape index (κ3) is 5.65. The zero-order chi connectivity index (χ0) is 13.2. The highest BCUT2D eigenvalue weighted by Crippen LogP contribution is 2.18. The van der Waals surface area contributed by atoms with Gasteiger partial charge in [0.25, 0.3) is 0 Å². The Labute approximate surface area is 112 Å². The van der Waals surface area contributed by atoms with E-state index in [9.17, 15) is 0 Å². The lowest BCUT2D eigenvalue weighted by molar-refractivity contribution is 0.119. The Kier molecular flexibility index (Phi) is 8.59. The van der Waals surface area contributed by atoms with Gasteiger partial charge in [0.2, 0.25) is 0 Å². The van der Waals surface area contributed by atoms with E-state index in [1.165, 1.54) is 45.6 Å². The van der Waals surface area contributed by atoms with Crippen molar-refractivity contribution in [2.75, 3.05) is 59.0 Å². The maximum Gasteiger partial charge on any atom is 0.0558 e. The molecule has 108 valence electrons. The minimum Gasteiger partial charge on any atom is -0.395 e. The first-order valence-electron chi connectivity index (χ1n) is 7.65. The van der Waals surface area contributed by atoms with Crippen LogP contribution in [0.15, 0.2) is 0 Å². The van der Waals surface area contributed by atoms with Gasteiger partial charge in [0.15, 0.2) is 0 Å². The SMILES string of the molecule is CC.OCCN1CCC(CN2CCNCC2)CC1. The second-order valence-electron chi connectivity index (χ2n) is 5.06. The van der Waals surface area contributed by atoms with Crippen LogP contribution in [0, 0.1) is 5.92 Å². The Balaban J connectivity index is 0.000000771. The minimum absolute atomic E-state index is 0.308. The number of β-amino-alcohol motifs (C(OH)–C–C–N with tert-alkyl or cyclic N) is 1. The van der Waals surface area contributed by atoms with E-state index in [2.05, 4.69) is 15.1 Å². The predicted molar refractivity (Wildman–Crippen MR) is 76.9 cm³/mol. The number of piperidine rings is 1. The van der Waals surface area contributed by atoms with Crippen LogP contribution in [0.5, 0.6) is 0 Å². The molecule has 2 N–H and O–H groups in total. The summed E-state index contributed by atoms with van der Waals surface area (Å²) in [5, 5.41) is 12.3. The van der Waals surface area contributed by atoms with Gasteiger partial charge in [-0.05, 0) is 31.8 Å². The van der Waals surface area contributed by atoms with E-state index in [4.69, 9.17) is 5.11 Å². The quantitative estimate of drug-likeness (QED) is 0.774. The highest BCUT2D eigenvalue weighted by atomic mass is 16.3. The summed E-state index contributed by atoms with van der Waals surface area (Å²) in [6.45, 7) is 13.6. The molecule has 2 aliphatic heterocycles. The molecule has 0 spiro atoms. The number of aliphatic hydroxyl groups excluding tert-OH is 1. The number of hydrogen-bond donors (Lipinski definition) is 2. The van der Waals surface area contributed by atoms with Crippen LogP contribution in [-0.2, 0) is 0 Å². The normalized spacial score (nSPS) is 23.5. The summed E-state index contributed by atoms with van der Waals surface area (Å²) in [5.74, 6) is 0.882. The van der Waals surface area contributed by atoms with Crippen LogP contribution in [0.1, 0.15) is 26.7 Å². The molecule has 0 aliphatic carbocycles. The Morgan fingerprint density at radius 1 is 1.00 bits per heavy atom. The molecule has 0 unspecified atom stereocenters. The Morgan fingerprint density at radius 3 is 2.17 bits per heavy atom. The number of likely N-dealkylation sites (tertiary alicyclic amines) is 1. The molecule has 4 nitrogen and oxygen atoms in total. The molecule has 0 aromatic heterocycles. The number of rotatable bonds is 4. The van der Waals surface area contributed by atoms with Gasteiger partial charge in [-0.15, -0.1) is 0 Å². The molecule has 2 aliphatic rings. The molecule has 0 amide bonds. The van der Waals surface area contributed by atoms with E-state index in [1.807, 2.05) is 13.8 Å². The topological polar surface area (TPSA) is 38.7 Å². The minimum atomic E-state index is 0.308. The van der Waals surface area contributed by atoms with Gasteiger partial charge in [-0.3, -0.25) is 0 Å². The van der Waals surface area contributed by atoms with E-state index in [-0.39, 0.29) is 0 Å². The molecule has 18 heavy (non-hydrogen) atoms. The second-order valence-corrected chi connectivity index (χ2v) is 5.06. The zero-order valence-electron chi connectivity index (χ0n) is 12.2. The first kappa shape index (κ1) is 15.9. The van der Waals surface area contributed by atoms with Crippen molar-refractivity contribution in [3.63, 3.8) is 0 Å². The van der Waals surface area contributed by atoms with Gasteiger partial charge in [0.05, 0.1) is 6.61 Å². The van der Waals surface area contributed by atoms with Crippen LogP contribution < -0.4 is 5.32 Å². The average Bonchev–Trinajstić information content (AvgIpc) is 2.45. The van der Waals surface area contributed by atoms with Gasteiger partial charge in [-0.25, -0.2) is 0 Å². The van der Waals surface area contributed by atoms with E-state index < -0.39 is 0 Å². The monoisotopic (exact) mass is 257 g/mol. The van der Waals surface area contributed by atoms with Gasteiger partial charge < -0.3 is 20.2 Å². The van der Waals surface area contributed by atoms with Gasteiger partial charge in [-0.2, -0.15) is 0 Å². The van der Waals surface area contributed by atoms with E-state index >= 15 is 0 Å². The fraction of sp³-hybridized carbons (Fsp3) is 1.00. The second kappa shape index (κ2) is 9.73. The van der Waals surface area contributed by atoms with Crippen LogP contribution >= 0.6 is 0 Å². The van der Waals surface area contributed by atoms with E-state index in [0.29, 0.717) is 6.61 Å². The van der Waals surface area contributed by atoms with Crippen molar-refractivity contribution in [2.24, 2.45) is 5.92 Å². The Bertz CT molecular complexity index is 187. The first-order chi connectivity index (χ1) is 8.88.